The molecule has 0 saturated carbocycles. The van der Waals surface area contributed by atoms with E-state index in [1.165, 1.54) is 18.2 Å². The predicted molar refractivity (Wildman–Crippen MR) is 113 cm³/mol. The van der Waals surface area contributed by atoms with Crippen molar-refractivity contribution < 1.29 is 35.9 Å². The van der Waals surface area contributed by atoms with E-state index in [4.69, 9.17) is 23.2 Å². The van der Waals surface area contributed by atoms with Crippen LogP contribution in [0.1, 0.15) is 21.5 Å². The minimum atomic E-state index is -5.16. The summed E-state index contributed by atoms with van der Waals surface area (Å²) in [6.07, 6.45) is -9.61. The van der Waals surface area contributed by atoms with E-state index >= 15 is 0 Å². The number of halogens is 8. The Hall–Kier alpha value is -3.58. The molecule has 0 radical (unpaired) electrons. The molecular formula is C20H10Cl2F6N4O3. The van der Waals surface area contributed by atoms with Crippen LogP contribution in [-0.2, 0) is 12.4 Å². The molecule has 2 aromatic carbocycles. The van der Waals surface area contributed by atoms with Crippen LogP contribution in [0.25, 0.3) is 5.69 Å². The maximum Gasteiger partial charge on any atom is 0.416 e. The number of nitrogens with zero attached hydrogens (tertiary/aromatic N) is 2. The van der Waals surface area contributed by atoms with E-state index < -0.39 is 57.4 Å². The second kappa shape index (κ2) is 9.58. The quantitative estimate of drug-likeness (QED) is 0.428. The number of amides is 3. The Kier molecular flexibility index (Phi) is 7.13. The molecule has 0 fully saturated rings. The monoisotopic (exact) mass is 538 g/mol. The van der Waals surface area contributed by atoms with Crippen LogP contribution in [0, 0.1) is 0 Å². The summed E-state index contributed by atoms with van der Waals surface area (Å²) in [5.74, 6) is -0.908. The summed E-state index contributed by atoms with van der Waals surface area (Å²) in [5, 5.41) is 6.69. The first-order valence-electron chi connectivity index (χ1n) is 9.13. The van der Waals surface area contributed by atoms with Crippen LogP contribution in [-0.4, -0.2) is 21.7 Å². The molecule has 0 aliphatic heterocycles. The average Bonchev–Trinajstić information content (AvgIpc) is 2.75. The molecule has 15 heteroatoms. The Bertz CT molecular complexity index is 1340. The fourth-order valence-electron chi connectivity index (χ4n) is 2.73. The van der Waals surface area contributed by atoms with Gasteiger partial charge in [0.15, 0.2) is 0 Å². The lowest BCUT2D eigenvalue weighted by Crippen LogP contribution is -2.35. The van der Waals surface area contributed by atoms with Gasteiger partial charge in [-0.1, -0.05) is 35.3 Å². The lowest BCUT2D eigenvalue weighted by Gasteiger charge is -2.15. The van der Waals surface area contributed by atoms with Crippen LogP contribution in [0.2, 0.25) is 10.0 Å². The largest absolute Gasteiger partial charge is 0.416 e. The summed E-state index contributed by atoms with van der Waals surface area (Å²) in [7, 11) is 0. The Morgan fingerprint density at radius 3 is 2.03 bits per heavy atom. The second-order valence-electron chi connectivity index (χ2n) is 6.74. The third kappa shape index (κ3) is 5.92. The molecule has 3 aromatic rings. The van der Waals surface area contributed by atoms with Gasteiger partial charge in [-0.2, -0.15) is 36.1 Å². The molecule has 0 bridgehead atoms. The fraction of sp³-hybridized carbons (Fsp3) is 0.100. The average molecular weight is 539 g/mol. The van der Waals surface area contributed by atoms with Crippen LogP contribution < -0.4 is 16.2 Å². The van der Waals surface area contributed by atoms with Crippen LogP contribution in [0.3, 0.4) is 0 Å². The van der Waals surface area contributed by atoms with Crippen molar-refractivity contribution in [3.8, 4) is 5.69 Å². The SMILES string of the molecule is O=C(NC(=O)c1ccccc1Cl)Nc1cnn(-c2cc(C(F)(F)F)cc(C(F)(F)F)c2)c(=O)c1Cl. The zero-order valence-electron chi connectivity index (χ0n) is 16.8. The lowest BCUT2D eigenvalue weighted by atomic mass is 10.1. The van der Waals surface area contributed by atoms with E-state index in [1.54, 1.807) is 6.07 Å². The van der Waals surface area contributed by atoms with Gasteiger partial charge in [-0.05, 0) is 30.3 Å². The van der Waals surface area contributed by atoms with Gasteiger partial charge in [0.25, 0.3) is 11.5 Å². The highest BCUT2D eigenvalue weighted by Crippen LogP contribution is 2.37. The molecule has 1 heterocycles. The Morgan fingerprint density at radius 1 is 0.914 bits per heavy atom. The normalized spacial score (nSPS) is 11.8. The van der Waals surface area contributed by atoms with E-state index in [-0.39, 0.29) is 33.5 Å². The number of carbonyl (C=O) groups excluding carboxylic acids is 2. The summed E-state index contributed by atoms with van der Waals surface area (Å²) in [5.41, 5.74) is -6.08. The number of aromatic nitrogens is 2. The number of rotatable bonds is 3. The summed E-state index contributed by atoms with van der Waals surface area (Å²) >= 11 is 11.7. The lowest BCUT2D eigenvalue weighted by molar-refractivity contribution is -0.143. The van der Waals surface area contributed by atoms with Crippen LogP contribution in [0.5, 0.6) is 0 Å². The highest BCUT2D eigenvalue weighted by atomic mass is 35.5. The molecule has 2 N–H and O–H groups in total. The van der Waals surface area contributed by atoms with Gasteiger partial charge in [0.2, 0.25) is 0 Å². The van der Waals surface area contributed by atoms with Gasteiger partial charge in [-0.3, -0.25) is 14.9 Å². The molecule has 0 aliphatic rings. The number of anilines is 1. The molecule has 0 atom stereocenters. The van der Waals surface area contributed by atoms with Crippen molar-refractivity contribution in [3.05, 3.63) is 85.8 Å². The summed E-state index contributed by atoms with van der Waals surface area (Å²) in [4.78, 5) is 36.8. The van der Waals surface area contributed by atoms with E-state index in [1.807, 2.05) is 10.6 Å². The maximum atomic E-state index is 13.1. The first-order chi connectivity index (χ1) is 16.2. The maximum absolute atomic E-state index is 13.1. The summed E-state index contributed by atoms with van der Waals surface area (Å²) < 4.78 is 78.8. The number of nitrogens with one attached hydrogen (secondary N) is 2. The number of alkyl halides is 6. The van der Waals surface area contributed by atoms with Crippen molar-refractivity contribution in [2.45, 2.75) is 12.4 Å². The zero-order valence-corrected chi connectivity index (χ0v) is 18.3. The van der Waals surface area contributed by atoms with Gasteiger partial charge in [0, 0.05) is 0 Å². The molecule has 3 amide bonds. The van der Waals surface area contributed by atoms with Crippen molar-refractivity contribution in [3.63, 3.8) is 0 Å². The number of urea groups is 1. The molecule has 0 aliphatic carbocycles. The molecule has 0 unspecified atom stereocenters. The van der Waals surface area contributed by atoms with Crippen LogP contribution in [0.15, 0.2) is 53.5 Å². The smallest absolute Gasteiger partial charge is 0.305 e. The summed E-state index contributed by atoms with van der Waals surface area (Å²) in [6.45, 7) is 0. The van der Waals surface area contributed by atoms with Gasteiger partial charge in [0.1, 0.15) is 5.02 Å². The first kappa shape index (κ1) is 26.0. The van der Waals surface area contributed by atoms with Gasteiger partial charge >= 0.3 is 18.4 Å². The van der Waals surface area contributed by atoms with Crippen molar-refractivity contribution in [2.24, 2.45) is 0 Å². The van der Waals surface area contributed by atoms with Crippen molar-refractivity contribution in [1.82, 2.24) is 15.1 Å². The standard InChI is InChI=1S/C20H10Cl2F6N4O3/c21-13-4-2-1-3-12(13)16(33)31-18(35)30-14-8-29-32(17(34)15(14)22)11-6-9(19(23,24)25)5-10(7-11)20(26,27)28/h1-8H,(H2,30,31,33,35). The number of carbonyl (C=O) groups is 2. The number of hydrogen-bond acceptors (Lipinski definition) is 4. The number of imide groups is 1. The van der Waals surface area contributed by atoms with Gasteiger partial charge < -0.3 is 5.32 Å². The van der Waals surface area contributed by atoms with E-state index in [0.29, 0.717) is 6.20 Å². The molecule has 0 saturated heterocycles. The number of benzene rings is 2. The molecular weight excluding hydrogens is 529 g/mol. The fourth-order valence-corrected chi connectivity index (χ4v) is 3.13. The number of hydrogen-bond donors (Lipinski definition) is 2. The Morgan fingerprint density at radius 2 is 1.49 bits per heavy atom. The van der Waals surface area contributed by atoms with E-state index in [9.17, 15) is 40.7 Å². The van der Waals surface area contributed by atoms with E-state index in [0.717, 1.165) is 0 Å². The third-order valence-corrected chi connectivity index (χ3v) is 5.02. The Labute approximate surface area is 201 Å². The second-order valence-corrected chi connectivity index (χ2v) is 7.53. The topological polar surface area (TPSA) is 93.1 Å². The zero-order chi connectivity index (χ0) is 26.1. The predicted octanol–water partition coefficient (Wildman–Crippen LogP) is 5.54. The van der Waals surface area contributed by atoms with Gasteiger partial charge in [-0.15, -0.1) is 0 Å². The Balaban J connectivity index is 1.92. The molecule has 7 nitrogen and oxygen atoms in total. The molecule has 184 valence electrons. The highest BCUT2D eigenvalue weighted by molar-refractivity contribution is 6.34. The highest BCUT2D eigenvalue weighted by Gasteiger charge is 2.37. The third-order valence-electron chi connectivity index (χ3n) is 4.33. The minimum Gasteiger partial charge on any atom is -0.305 e. The molecule has 35 heavy (non-hydrogen) atoms. The van der Waals surface area contributed by atoms with Crippen LogP contribution >= 0.6 is 23.2 Å². The first-order valence-corrected chi connectivity index (χ1v) is 9.88. The van der Waals surface area contributed by atoms with Crippen molar-refractivity contribution in [2.75, 3.05) is 5.32 Å². The molecule has 3 rings (SSSR count). The molecule has 1 aromatic heterocycles. The minimum absolute atomic E-state index is 0.0411. The van der Waals surface area contributed by atoms with Gasteiger partial charge in [-0.25, -0.2) is 4.79 Å². The van der Waals surface area contributed by atoms with Gasteiger partial charge in [0.05, 0.1) is 39.3 Å². The molecule has 0 spiro atoms. The van der Waals surface area contributed by atoms with E-state index in [2.05, 4.69) is 5.10 Å². The summed E-state index contributed by atoms with van der Waals surface area (Å²) in [6, 6.07) is 5.02. The van der Waals surface area contributed by atoms with Crippen molar-refractivity contribution in [1.29, 1.82) is 0 Å². The van der Waals surface area contributed by atoms with Crippen molar-refractivity contribution >= 4 is 40.8 Å². The van der Waals surface area contributed by atoms with Crippen LogP contribution in [0.4, 0.5) is 36.8 Å².